The molecule has 5 aromatic rings. The summed E-state index contributed by atoms with van der Waals surface area (Å²) in [6.45, 7) is 8.27. The van der Waals surface area contributed by atoms with Crippen molar-refractivity contribution in [3.63, 3.8) is 0 Å². The molecule has 4 heteroatoms. The van der Waals surface area contributed by atoms with Gasteiger partial charge in [0.15, 0.2) is 0 Å². The molecule has 4 nitrogen and oxygen atoms in total. The van der Waals surface area contributed by atoms with Gasteiger partial charge in [0.05, 0.1) is 19.2 Å². The molecule has 0 amide bonds. The number of quaternary nitrogens is 1. The second kappa shape index (κ2) is 10.8. The maximum Gasteiger partial charge on any atom is 0.131 e. The number of hydrogen-bond donors (Lipinski definition) is 2. The molecule has 1 aliphatic rings. The summed E-state index contributed by atoms with van der Waals surface area (Å²) in [7, 11) is 1.68. The van der Waals surface area contributed by atoms with Gasteiger partial charge in [-0.1, -0.05) is 68.0 Å². The highest BCUT2D eigenvalue weighted by atomic mass is 16.5. The first kappa shape index (κ1) is 25.5. The first-order valence-electron chi connectivity index (χ1n) is 14.1. The van der Waals surface area contributed by atoms with Crippen LogP contribution in [0.25, 0.3) is 32.4 Å². The van der Waals surface area contributed by atoms with Crippen molar-refractivity contribution in [1.29, 1.82) is 0 Å². The number of benzene rings is 4. The highest BCUT2D eigenvalue weighted by Gasteiger charge is 2.41. The van der Waals surface area contributed by atoms with Crippen molar-refractivity contribution in [2.24, 2.45) is 11.8 Å². The van der Waals surface area contributed by atoms with E-state index in [0.29, 0.717) is 11.8 Å². The Bertz CT molecular complexity index is 1590. The zero-order valence-corrected chi connectivity index (χ0v) is 22.8. The van der Waals surface area contributed by atoms with Crippen LogP contribution in [0.3, 0.4) is 0 Å². The number of methoxy groups -OCH3 is 1. The number of hydrogen-bond acceptors (Lipinski definition) is 3. The van der Waals surface area contributed by atoms with E-state index in [1.54, 1.807) is 7.11 Å². The van der Waals surface area contributed by atoms with Crippen LogP contribution in [0.4, 0.5) is 0 Å². The fourth-order valence-corrected chi connectivity index (χ4v) is 6.86. The van der Waals surface area contributed by atoms with E-state index in [1.807, 2.05) is 30.5 Å². The highest BCUT2D eigenvalue weighted by Crippen LogP contribution is 2.34. The lowest BCUT2D eigenvalue weighted by molar-refractivity contribution is -0.952. The zero-order valence-electron chi connectivity index (χ0n) is 22.8. The Morgan fingerprint density at radius 1 is 1.00 bits per heavy atom. The van der Waals surface area contributed by atoms with Crippen molar-refractivity contribution >= 4 is 32.4 Å². The number of pyridine rings is 1. The van der Waals surface area contributed by atoms with Gasteiger partial charge in [0.1, 0.15) is 24.4 Å². The molecule has 0 saturated carbocycles. The second-order valence-electron chi connectivity index (χ2n) is 11.0. The predicted octanol–water partition coefficient (Wildman–Crippen LogP) is 6.27. The lowest BCUT2D eigenvalue weighted by Gasteiger charge is -2.42. The third-order valence-electron chi connectivity index (χ3n) is 8.98. The molecule has 198 valence electrons. The van der Waals surface area contributed by atoms with Crippen LogP contribution in [0.1, 0.15) is 37.0 Å². The van der Waals surface area contributed by atoms with Crippen LogP contribution in [0.2, 0.25) is 0 Å². The Morgan fingerprint density at radius 2 is 1.72 bits per heavy atom. The summed E-state index contributed by atoms with van der Waals surface area (Å²) in [5.41, 5.74) is 3.16. The maximum atomic E-state index is 12.1. The Kier molecular flexibility index (Phi) is 7.07. The lowest BCUT2D eigenvalue weighted by Crippen LogP contribution is -3.17. The van der Waals surface area contributed by atoms with Crippen LogP contribution in [0, 0.1) is 11.8 Å². The fourth-order valence-electron chi connectivity index (χ4n) is 6.86. The molecule has 2 heterocycles. The molecule has 4 unspecified atom stereocenters. The van der Waals surface area contributed by atoms with Gasteiger partial charge in [0, 0.05) is 29.5 Å². The summed E-state index contributed by atoms with van der Waals surface area (Å²) in [6, 6.07) is 27.6. The quantitative estimate of drug-likeness (QED) is 0.198. The van der Waals surface area contributed by atoms with E-state index < -0.39 is 6.10 Å². The van der Waals surface area contributed by atoms with Crippen molar-refractivity contribution in [2.45, 2.75) is 38.5 Å². The lowest BCUT2D eigenvalue weighted by atomic mass is 9.77. The van der Waals surface area contributed by atoms with Crippen molar-refractivity contribution < 1.29 is 14.7 Å². The molecule has 1 aliphatic heterocycles. The largest absolute Gasteiger partial charge is 0.497 e. The molecule has 39 heavy (non-hydrogen) atoms. The van der Waals surface area contributed by atoms with E-state index in [4.69, 9.17) is 4.74 Å². The minimum absolute atomic E-state index is 0.0423. The van der Waals surface area contributed by atoms with Crippen LogP contribution in [-0.4, -0.2) is 29.8 Å². The Labute approximate surface area is 230 Å². The number of rotatable bonds is 7. The molecule has 2 N–H and O–H groups in total. The third-order valence-corrected chi connectivity index (χ3v) is 8.98. The first-order valence-corrected chi connectivity index (χ1v) is 14.1. The van der Waals surface area contributed by atoms with Crippen molar-refractivity contribution in [3.8, 4) is 5.75 Å². The molecular formula is C35H37N2O2+. The number of aliphatic hydroxyl groups is 1. The number of ether oxygens (including phenoxy) is 1. The summed E-state index contributed by atoms with van der Waals surface area (Å²) in [5, 5.41) is 18.2. The molecule has 1 saturated heterocycles. The van der Waals surface area contributed by atoms with Gasteiger partial charge in [-0.3, -0.25) is 4.98 Å². The molecule has 0 spiro atoms. The number of aromatic nitrogens is 1. The number of nitrogens with one attached hydrogen (secondary N) is 1. The third kappa shape index (κ3) is 4.69. The van der Waals surface area contributed by atoms with E-state index >= 15 is 0 Å². The summed E-state index contributed by atoms with van der Waals surface area (Å²) in [6.07, 6.45) is 5.36. The molecule has 0 radical (unpaired) electrons. The average Bonchev–Trinajstić information content (AvgIpc) is 2.99. The van der Waals surface area contributed by atoms with Crippen LogP contribution in [-0.2, 0) is 6.54 Å². The van der Waals surface area contributed by atoms with Crippen molar-refractivity contribution in [2.75, 3.05) is 13.7 Å². The van der Waals surface area contributed by atoms with Gasteiger partial charge < -0.3 is 14.7 Å². The van der Waals surface area contributed by atoms with Gasteiger partial charge in [0.25, 0.3) is 0 Å². The first-order chi connectivity index (χ1) is 19.1. The Balaban J connectivity index is 1.46. The summed E-state index contributed by atoms with van der Waals surface area (Å²) < 4.78 is 5.52. The normalized spacial score (nSPS) is 22.2. The standard InChI is InChI=1S/C35H36N2O2/c1-4-23-19-34(35(38)30-16-17-36-33-15-14-27(39-3)20-31(30)33)37(21-24(23)5-2)22-32-28-12-8-6-10-25(28)18-26-11-7-9-13-29(26)32/h5-18,20,23-24,34-35,38H,2,4,19,21-22H2,1,3H3/p+1/t23?,24?,34?,35-/m1/s1. The minimum Gasteiger partial charge on any atom is -0.497 e. The van der Waals surface area contributed by atoms with Gasteiger partial charge in [-0.2, -0.15) is 0 Å². The van der Waals surface area contributed by atoms with Gasteiger partial charge in [0.2, 0.25) is 0 Å². The molecule has 5 atom stereocenters. The SMILES string of the molecule is C=CC1C[NH+](Cc2c3ccccc3cc3ccccc23)C([C@H](O)c2ccnc3ccc(OC)cc23)CC1CC. The number of aliphatic hydroxyl groups excluding tert-OH is 1. The van der Waals surface area contributed by atoms with Gasteiger partial charge in [-0.15, -0.1) is 6.58 Å². The van der Waals surface area contributed by atoms with Crippen LogP contribution >= 0.6 is 0 Å². The number of fused-ring (bicyclic) bond motifs is 3. The molecule has 4 aromatic carbocycles. The number of nitrogens with zero attached hydrogens (tertiary/aromatic N) is 1. The summed E-state index contributed by atoms with van der Waals surface area (Å²) in [5.74, 6) is 1.69. The van der Waals surface area contributed by atoms with E-state index in [1.165, 1.54) is 32.0 Å². The van der Waals surface area contributed by atoms with E-state index in [2.05, 4.69) is 79.2 Å². The van der Waals surface area contributed by atoms with Crippen molar-refractivity contribution in [1.82, 2.24) is 4.98 Å². The fraction of sp³-hybridized carbons (Fsp3) is 0.286. The molecule has 1 fully saturated rings. The van der Waals surface area contributed by atoms with Gasteiger partial charge >= 0.3 is 0 Å². The van der Waals surface area contributed by atoms with E-state index in [-0.39, 0.29) is 6.04 Å². The van der Waals surface area contributed by atoms with E-state index in [9.17, 15) is 5.11 Å². The number of piperidine rings is 1. The molecule has 0 bridgehead atoms. The zero-order chi connectivity index (χ0) is 26.9. The predicted molar refractivity (Wildman–Crippen MR) is 160 cm³/mol. The van der Waals surface area contributed by atoms with Gasteiger partial charge in [-0.05, 0) is 63.4 Å². The van der Waals surface area contributed by atoms with E-state index in [0.717, 1.165) is 48.1 Å². The van der Waals surface area contributed by atoms with Crippen LogP contribution in [0.5, 0.6) is 5.75 Å². The summed E-state index contributed by atoms with van der Waals surface area (Å²) in [4.78, 5) is 5.98. The molecule has 6 rings (SSSR count). The minimum atomic E-state index is -0.626. The summed E-state index contributed by atoms with van der Waals surface area (Å²) >= 11 is 0. The monoisotopic (exact) mass is 517 g/mol. The number of likely N-dealkylation sites (tertiary alicyclic amines) is 1. The Hall–Kier alpha value is -3.73. The average molecular weight is 518 g/mol. The Morgan fingerprint density at radius 3 is 2.38 bits per heavy atom. The molecular weight excluding hydrogens is 480 g/mol. The van der Waals surface area contributed by atoms with Gasteiger partial charge in [-0.25, -0.2) is 0 Å². The molecule has 1 aromatic heterocycles. The second-order valence-corrected chi connectivity index (χ2v) is 11.0. The highest BCUT2D eigenvalue weighted by molar-refractivity contribution is 6.02. The maximum absolute atomic E-state index is 12.1. The molecule has 0 aliphatic carbocycles. The topological polar surface area (TPSA) is 46.8 Å². The smallest absolute Gasteiger partial charge is 0.131 e. The van der Waals surface area contributed by atoms with Crippen molar-refractivity contribution in [3.05, 3.63) is 109 Å². The van der Waals surface area contributed by atoms with Crippen LogP contribution in [0.15, 0.2) is 97.7 Å². The van der Waals surface area contributed by atoms with Crippen LogP contribution < -0.4 is 9.64 Å².